The van der Waals surface area contributed by atoms with Gasteiger partial charge in [0.15, 0.2) is 0 Å². The van der Waals surface area contributed by atoms with Gasteiger partial charge in [-0.1, -0.05) is 17.7 Å². The van der Waals surface area contributed by atoms with Crippen molar-refractivity contribution in [1.29, 1.82) is 0 Å². The van der Waals surface area contributed by atoms with Crippen LogP contribution in [-0.4, -0.2) is 69.7 Å². The molecule has 0 radical (unpaired) electrons. The molecule has 1 aromatic heterocycles. The van der Waals surface area contributed by atoms with Gasteiger partial charge in [0.1, 0.15) is 17.1 Å². The number of hydrogen-bond acceptors (Lipinski definition) is 6. The first-order chi connectivity index (χ1) is 17.5. The van der Waals surface area contributed by atoms with Gasteiger partial charge >= 0.3 is 0 Å². The molecule has 0 saturated carbocycles. The molecule has 1 aliphatic heterocycles. The van der Waals surface area contributed by atoms with Gasteiger partial charge in [-0.05, 0) is 63.1 Å². The van der Waals surface area contributed by atoms with E-state index in [1.165, 1.54) is 10.6 Å². The number of ether oxygens (including phenoxy) is 1. The third-order valence-electron chi connectivity index (χ3n) is 6.84. The number of nitrogens with zero attached hydrogens (tertiary/aromatic N) is 3. The van der Waals surface area contributed by atoms with Crippen molar-refractivity contribution in [1.82, 2.24) is 9.80 Å². The molecule has 2 heterocycles. The van der Waals surface area contributed by atoms with Gasteiger partial charge in [0.05, 0.1) is 24.6 Å². The number of sulfonamides is 1. The minimum absolute atomic E-state index is 0.181. The summed E-state index contributed by atoms with van der Waals surface area (Å²) in [6, 6.07) is 10.8. The summed E-state index contributed by atoms with van der Waals surface area (Å²) in [5.74, 6) is 0.978. The van der Waals surface area contributed by atoms with Crippen molar-refractivity contribution in [2.24, 2.45) is 0 Å². The Balaban J connectivity index is 1.83. The largest absolute Gasteiger partial charge is 0.497 e. The molecule has 0 atom stereocenters. The molecule has 3 aromatic rings. The van der Waals surface area contributed by atoms with Crippen LogP contribution in [0.15, 0.2) is 40.8 Å². The highest BCUT2D eigenvalue weighted by molar-refractivity contribution is 7.92. The van der Waals surface area contributed by atoms with Gasteiger partial charge in [-0.2, -0.15) is 0 Å². The SMILES string of the molecule is COc1ccc2oc(C)c(C(=O)N3CCN(C(C)C)CCCN(S(C)(=O)=O)c4cc(Cl)ccc4C3)c2c1. The molecule has 1 aliphatic rings. The molecule has 0 aliphatic carbocycles. The second kappa shape index (κ2) is 10.9. The molecule has 2 aromatic carbocycles. The van der Waals surface area contributed by atoms with Crippen LogP contribution in [0.1, 0.15) is 41.9 Å². The van der Waals surface area contributed by atoms with Crippen LogP contribution in [0.25, 0.3) is 11.0 Å². The Morgan fingerprint density at radius 3 is 2.51 bits per heavy atom. The zero-order chi connectivity index (χ0) is 26.9. The summed E-state index contributed by atoms with van der Waals surface area (Å²) in [7, 11) is -1.99. The van der Waals surface area contributed by atoms with E-state index in [1.54, 1.807) is 49.3 Å². The van der Waals surface area contributed by atoms with Crippen LogP contribution in [0.3, 0.4) is 0 Å². The smallest absolute Gasteiger partial charge is 0.258 e. The summed E-state index contributed by atoms with van der Waals surface area (Å²) >= 11 is 6.32. The van der Waals surface area contributed by atoms with Gasteiger partial charge in [0, 0.05) is 49.2 Å². The zero-order valence-corrected chi connectivity index (χ0v) is 23.5. The Bertz CT molecular complexity index is 1400. The van der Waals surface area contributed by atoms with Crippen molar-refractivity contribution in [2.45, 2.75) is 39.8 Å². The lowest BCUT2D eigenvalue weighted by Gasteiger charge is -2.30. The molecule has 8 nitrogen and oxygen atoms in total. The molecule has 0 N–H and O–H groups in total. The number of benzene rings is 2. The number of methoxy groups -OCH3 is 1. The van der Waals surface area contributed by atoms with E-state index in [-0.39, 0.29) is 18.5 Å². The van der Waals surface area contributed by atoms with E-state index >= 15 is 0 Å². The van der Waals surface area contributed by atoms with Gasteiger partial charge in [-0.3, -0.25) is 14.0 Å². The highest BCUT2D eigenvalue weighted by Crippen LogP contribution is 2.33. The Morgan fingerprint density at radius 1 is 1.08 bits per heavy atom. The fraction of sp³-hybridized carbons (Fsp3) is 0.444. The van der Waals surface area contributed by atoms with Gasteiger partial charge in [0.25, 0.3) is 5.91 Å². The fourth-order valence-corrected chi connectivity index (χ4v) is 6.02. The molecular formula is C27H34ClN3O5S. The van der Waals surface area contributed by atoms with Crippen LogP contribution in [0.4, 0.5) is 5.69 Å². The summed E-state index contributed by atoms with van der Waals surface area (Å²) in [5, 5.41) is 1.12. The van der Waals surface area contributed by atoms with Gasteiger partial charge in [-0.25, -0.2) is 8.42 Å². The number of anilines is 1. The Hall–Kier alpha value is -2.75. The number of carbonyl (C=O) groups is 1. The minimum Gasteiger partial charge on any atom is -0.497 e. The van der Waals surface area contributed by atoms with Crippen molar-refractivity contribution in [3.05, 3.63) is 58.3 Å². The second-order valence-electron chi connectivity index (χ2n) is 9.71. The predicted octanol–water partition coefficient (Wildman–Crippen LogP) is 4.93. The molecule has 10 heteroatoms. The highest BCUT2D eigenvalue weighted by Gasteiger charge is 2.28. The van der Waals surface area contributed by atoms with Gasteiger partial charge < -0.3 is 14.1 Å². The molecule has 0 spiro atoms. The predicted molar refractivity (Wildman–Crippen MR) is 147 cm³/mol. The lowest BCUT2D eigenvalue weighted by Crippen LogP contribution is -2.41. The number of hydrogen-bond donors (Lipinski definition) is 0. The first kappa shape index (κ1) is 27.3. The molecular weight excluding hydrogens is 514 g/mol. The quantitative estimate of drug-likeness (QED) is 0.461. The number of halogens is 1. The monoisotopic (exact) mass is 547 g/mol. The van der Waals surface area contributed by atoms with Crippen molar-refractivity contribution < 1.29 is 22.4 Å². The molecule has 1 amide bonds. The maximum absolute atomic E-state index is 14.1. The average molecular weight is 548 g/mol. The summed E-state index contributed by atoms with van der Waals surface area (Å²) in [5.41, 5.74) is 2.31. The van der Waals surface area contributed by atoms with Gasteiger partial charge in [-0.15, -0.1) is 0 Å². The van der Waals surface area contributed by atoms with Crippen LogP contribution in [0, 0.1) is 6.92 Å². The van der Waals surface area contributed by atoms with Crippen molar-refractivity contribution in [3.8, 4) is 5.75 Å². The summed E-state index contributed by atoms with van der Waals surface area (Å²) < 4.78 is 38.4. The number of aryl methyl sites for hydroxylation is 1. The van der Waals surface area contributed by atoms with E-state index in [2.05, 4.69) is 18.7 Å². The molecule has 0 fully saturated rings. The maximum atomic E-state index is 14.1. The highest BCUT2D eigenvalue weighted by atomic mass is 35.5. The summed E-state index contributed by atoms with van der Waals surface area (Å²) in [6.07, 6.45) is 1.85. The van der Waals surface area contributed by atoms with Crippen LogP contribution >= 0.6 is 11.6 Å². The standard InChI is InChI=1S/C27H34ClN3O5S/c1-18(2)29-11-6-12-31(37(5,33)34)24-15-21(28)8-7-20(24)17-30(14-13-29)27(32)26-19(3)36-25-10-9-22(35-4)16-23(25)26/h7-10,15-16,18H,6,11-14,17H2,1-5H3. The summed E-state index contributed by atoms with van der Waals surface area (Å²) in [6.45, 7) is 8.37. The number of carbonyl (C=O) groups excluding carboxylic acids is 1. The van der Waals surface area contributed by atoms with Crippen molar-refractivity contribution >= 4 is 44.2 Å². The Morgan fingerprint density at radius 2 is 1.84 bits per heavy atom. The van der Waals surface area contributed by atoms with Gasteiger partial charge in [0.2, 0.25) is 10.0 Å². The van der Waals surface area contributed by atoms with E-state index in [0.717, 1.165) is 0 Å². The Labute approximate surface area is 223 Å². The summed E-state index contributed by atoms with van der Waals surface area (Å²) in [4.78, 5) is 18.2. The van der Waals surface area contributed by atoms with Crippen LogP contribution in [0.5, 0.6) is 5.75 Å². The van der Waals surface area contributed by atoms with E-state index in [1.807, 2.05) is 6.07 Å². The third-order valence-corrected chi connectivity index (χ3v) is 8.26. The topological polar surface area (TPSA) is 83.3 Å². The minimum atomic E-state index is -3.57. The molecule has 4 rings (SSSR count). The number of amides is 1. The van der Waals surface area contributed by atoms with Crippen molar-refractivity contribution in [3.63, 3.8) is 0 Å². The molecule has 0 bridgehead atoms. The van der Waals surface area contributed by atoms with E-state index in [4.69, 9.17) is 20.8 Å². The molecule has 0 saturated heterocycles. The molecule has 0 unspecified atom stereocenters. The fourth-order valence-electron chi connectivity index (χ4n) is 4.87. The number of fused-ring (bicyclic) bond motifs is 2. The lowest BCUT2D eigenvalue weighted by atomic mass is 10.1. The number of furan rings is 1. The molecule has 37 heavy (non-hydrogen) atoms. The van der Waals surface area contributed by atoms with Crippen LogP contribution in [0.2, 0.25) is 5.02 Å². The van der Waals surface area contributed by atoms with E-state index in [9.17, 15) is 13.2 Å². The second-order valence-corrected chi connectivity index (χ2v) is 12.1. The average Bonchev–Trinajstić information content (AvgIpc) is 3.14. The normalized spacial score (nSPS) is 16.1. The van der Waals surface area contributed by atoms with Crippen molar-refractivity contribution in [2.75, 3.05) is 43.8 Å². The number of rotatable bonds is 4. The maximum Gasteiger partial charge on any atom is 0.258 e. The molecule has 200 valence electrons. The zero-order valence-electron chi connectivity index (χ0n) is 22.0. The first-order valence-electron chi connectivity index (χ1n) is 12.4. The van der Waals surface area contributed by atoms with E-state index < -0.39 is 10.0 Å². The van der Waals surface area contributed by atoms with E-state index in [0.29, 0.717) is 76.9 Å². The lowest BCUT2D eigenvalue weighted by molar-refractivity contribution is 0.0712. The van der Waals surface area contributed by atoms with Crippen LogP contribution < -0.4 is 9.04 Å². The first-order valence-corrected chi connectivity index (χ1v) is 14.6. The Kier molecular flexibility index (Phi) is 8.06. The van der Waals surface area contributed by atoms with Crippen LogP contribution in [-0.2, 0) is 16.6 Å². The third kappa shape index (κ3) is 5.89.